The molecular weight excluding hydrogens is 246 g/mol. The molecule has 1 aliphatic rings. The number of methoxy groups -OCH3 is 1. The second-order valence-corrected chi connectivity index (χ2v) is 4.66. The van der Waals surface area contributed by atoms with Crippen LogP contribution in [0.2, 0.25) is 0 Å². The van der Waals surface area contributed by atoms with Crippen LogP contribution < -0.4 is 4.90 Å². The molecule has 0 saturated carbocycles. The summed E-state index contributed by atoms with van der Waals surface area (Å²) in [5.41, 5.74) is 1.50. The summed E-state index contributed by atoms with van der Waals surface area (Å²) in [6.07, 6.45) is 1.60. The quantitative estimate of drug-likeness (QED) is 0.651. The number of hydrogen-bond donors (Lipinski definition) is 1. The predicted molar refractivity (Wildman–Crippen MR) is 70.6 cm³/mol. The van der Waals surface area contributed by atoms with Gasteiger partial charge in [0.25, 0.3) is 0 Å². The van der Waals surface area contributed by atoms with Gasteiger partial charge in [-0.15, -0.1) is 0 Å². The fraction of sp³-hybridized carbons (Fsp3) is 0.429. The van der Waals surface area contributed by atoms with Crippen molar-refractivity contribution in [2.45, 2.75) is 6.42 Å². The van der Waals surface area contributed by atoms with Crippen LogP contribution >= 0.6 is 0 Å². The minimum Gasteiger partial charge on any atom is -0.465 e. The van der Waals surface area contributed by atoms with Crippen molar-refractivity contribution in [3.05, 3.63) is 29.3 Å². The van der Waals surface area contributed by atoms with Gasteiger partial charge in [-0.25, -0.2) is 4.79 Å². The Bertz CT molecular complexity index is 486. The van der Waals surface area contributed by atoms with E-state index in [9.17, 15) is 9.59 Å². The lowest BCUT2D eigenvalue weighted by molar-refractivity contribution is 0.0598. The van der Waals surface area contributed by atoms with Crippen molar-refractivity contribution >= 4 is 17.9 Å². The SMILES string of the molecule is COC(=O)c1ccc(N2CCC(CO)C2)cc1C=O. The maximum atomic E-state index is 11.5. The van der Waals surface area contributed by atoms with Crippen LogP contribution in [0.3, 0.4) is 0 Å². The molecule has 1 fully saturated rings. The molecule has 1 N–H and O–H groups in total. The Morgan fingerprint density at radius 2 is 2.37 bits per heavy atom. The summed E-state index contributed by atoms with van der Waals surface area (Å²) in [5.74, 6) is -0.233. The van der Waals surface area contributed by atoms with Crippen molar-refractivity contribution in [1.29, 1.82) is 0 Å². The summed E-state index contributed by atoms with van der Waals surface area (Å²) in [7, 11) is 1.29. The monoisotopic (exact) mass is 263 g/mol. The summed E-state index contributed by atoms with van der Waals surface area (Å²) in [6.45, 7) is 1.80. The Hall–Kier alpha value is -1.88. The van der Waals surface area contributed by atoms with Gasteiger partial charge in [-0.1, -0.05) is 0 Å². The van der Waals surface area contributed by atoms with E-state index in [2.05, 4.69) is 9.64 Å². The topological polar surface area (TPSA) is 66.8 Å². The Labute approximate surface area is 111 Å². The number of nitrogens with zero attached hydrogens (tertiary/aromatic N) is 1. The molecule has 5 heteroatoms. The minimum atomic E-state index is -0.511. The van der Waals surface area contributed by atoms with E-state index in [-0.39, 0.29) is 18.1 Å². The van der Waals surface area contributed by atoms with E-state index >= 15 is 0 Å². The number of hydrogen-bond acceptors (Lipinski definition) is 5. The summed E-state index contributed by atoms with van der Waals surface area (Å²) in [5, 5.41) is 9.14. The van der Waals surface area contributed by atoms with E-state index in [1.54, 1.807) is 18.2 Å². The zero-order valence-electron chi connectivity index (χ0n) is 10.8. The summed E-state index contributed by atoms with van der Waals surface area (Å²) < 4.78 is 4.63. The van der Waals surface area contributed by atoms with Crippen LogP contribution in [0.25, 0.3) is 0 Å². The smallest absolute Gasteiger partial charge is 0.338 e. The standard InChI is InChI=1S/C14H17NO4/c1-19-14(18)13-3-2-12(6-11(13)9-17)15-5-4-10(7-15)8-16/h2-3,6,9-10,16H,4-5,7-8H2,1H3. The van der Waals surface area contributed by atoms with Crippen LogP contribution in [0, 0.1) is 5.92 Å². The number of ether oxygens (including phenoxy) is 1. The first-order valence-electron chi connectivity index (χ1n) is 6.23. The molecule has 2 rings (SSSR count). The molecule has 0 radical (unpaired) electrons. The molecule has 1 unspecified atom stereocenters. The van der Waals surface area contributed by atoms with E-state index in [4.69, 9.17) is 5.11 Å². The molecule has 102 valence electrons. The van der Waals surface area contributed by atoms with Gasteiger partial charge in [0.2, 0.25) is 0 Å². The van der Waals surface area contributed by atoms with Gasteiger partial charge in [-0.05, 0) is 24.6 Å². The number of carbonyl (C=O) groups is 2. The lowest BCUT2D eigenvalue weighted by atomic mass is 10.1. The Kier molecular flexibility index (Phi) is 4.16. The number of esters is 1. The van der Waals surface area contributed by atoms with Crippen molar-refractivity contribution in [2.24, 2.45) is 5.92 Å². The van der Waals surface area contributed by atoms with Crippen LogP contribution in [-0.4, -0.2) is 44.2 Å². The van der Waals surface area contributed by atoms with Gasteiger partial charge in [-0.3, -0.25) is 4.79 Å². The van der Waals surface area contributed by atoms with Crippen molar-refractivity contribution in [1.82, 2.24) is 0 Å². The average Bonchev–Trinajstić information content (AvgIpc) is 2.94. The molecule has 0 bridgehead atoms. The highest BCUT2D eigenvalue weighted by Crippen LogP contribution is 2.25. The van der Waals surface area contributed by atoms with Crippen molar-refractivity contribution in [2.75, 3.05) is 31.7 Å². The van der Waals surface area contributed by atoms with E-state index in [1.165, 1.54) is 7.11 Å². The number of aliphatic hydroxyl groups excluding tert-OH is 1. The highest BCUT2D eigenvalue weighted by molar-refractivity contribution is 5.99. The third kappa shape index (κ3) is 2.76. The number of aliphatic hydroxyl groups is 1. The average molecular weight is 263 g/mol. The maximum Gasteiger partial charge on any atom is 0.338 e. The van der Waals surface area contributed by atoms with Gasteiger partial charge in [0.05, 0.1) is 12.7 Å². The first-order valence-corrected chi connectivity index (χ1v) is 6.23. The number of rotatable bonds is 4. The number of anilines is 1. The molecule has 1 heterocycles. The van der Waals surface area contributed by atoms with E-state index in [0.717, 1.165) is 25.2 Å². The second kappa shape index (κ2) is 5.84. The molecule has 1 aromatic rings. The molecule has 19 heavy (non-hydrogen) atoms. The lowest BCUT2D eigenvalue weighted by Crippen LogP contribution is -2.21. The molecular formula is C14H17NO4. The molecule has 0 aliphatic carbocycles. The van der Waals surface area contributed by atoms with Gasteiger partial charge in [0.15, 0.2) is 6.29 Å². The molecule has 1 atom stereocenters. The first-order chi connectivity index (χ1) is 9.19. The van der Waals surface area contributed by atoms with Crippen LogP contribution in [-0.2, 0) is 4.74 Å². The van der Waals surface area contributed by atoms with Crippen LogP contribution in [0.4, 0.5) is 5.69 Å². The van der Waals surface area contributed by atoms with Gasteiger partial charge in [-0.2, -0.15) is 0 Å². The second-order valence-electron chi connectivity index (χ2n) is 4.66. The largest absolute Gasteiger partial charge is 0.465 e. The highest BCUT2D eigenvalue weighted by Gasteiger charge is 2.23. The Morgan fingerprint density at radius 3 is 2.95 bits per heavy atom. The fourth-order valence-electron chi connectivity index (χ4n) is 2.36. The molecule has 0 amide bonds. The number of aldehydes is 1. The third-order valence-electron chi connectivity index (χ3n) is 3.48. The normalized spacial score (nSPS) is 18.4. The Balaban J connectivity index is 2.24. The van der Waals surface area contributed by atoms with Gasteiger partial charge < -0.3 is 14.7 Å². The molecule has 1 aliphatic heterocycles. The van der Waals surface area contributed by atoms with Gasteiger partial charge in [0.1, 0.15) is 0 Å². The highest BCUT2D eigenvalue weighted by atomic mass is 16.5. The Morgan fingerprint density at radius 1 is 1.58 bits per heavy atom. The third-order valence-corrected chi connectivity index (χ3v) is 3.48. The van der Waals surface area contributed by atoms with Gasteiger partial charge >= 0.3 is 5.97 Å². The zero-order valence-corrected chi connectivity index (χ0v) is 10.8. The van der Waals surface area contributed by atoms with Crippen molar-refractivity contribution in [3.8, 4) is 0 Å². The predicted octanol–water partition coefficient (Wildman–Crippen LogP) is 1.10. The van der Waals surface area contributed by atoms with Crippen molar-refractivity contribution in [3.63, 3.8) is 0 Å². The van der Waals surface area contributed by atoms with E-state index in [0.29, 0.717) is 11.8 Å². The fourth-order valence-corrected chi connectivity index (χ4v) is 2.36. The maximum absolute atomic E-state index is 11.5. The van der Waals surface area contributed by atoms with E-state index in [1.807, 2.05) is 0 Å². The van der Waals surface area contributed by atoms with Crippen LogP contribution in [0.15, 0.2) is 18.2 Å². The van der Waals surface area contributed by atoms with Crippen LogP contribution in [0.5, 0.6) is 0 Å². The molecule has 1 aromatic carbocycles. The first kappa shape index (κ1) is 13.5. The molecule has 0 aromatic heterocycles. The lowest BCUT2D eigenvalue weighted by Gasteiger charge is -2.19. The van der Waals surface area contributed by atoms with E-state index < -0.39 is 5.97 Å². The summed E-state index contributed by atoms with van der Waals surface area (Å²) in [6, 6.07) is 5.11. The number of benzene rings is 1. The molecule has 1 saturated heterocycles. The van der Waals surface area contributed by atoms with Crippen molar-refractivity contribution < 1.29 is 19.4 Å². The molecule has 5 nitrogen and oxygen atoms in total. The summed E-state index contributed by atoms with van der Waals surface area (Å²) in [4.78, 5) is 24.7. The summed E-state index contributed by atoms with van der Waals surface area (Å²) >= 11 is 0. The molecule has 0 spiro atoms. The zero-order chi connectivity index (χ0) is 13.8. The van der Waals surface area contributed by atoms with Gasteiger partial charge in [0, 0.05) is 36.9 Å². The minimum absolute atomic E-state index is 0.178. The van der Waals surface area contributed by atoms with Crippen LogP contribution in [0.1, 0.15) is 27.1 Å². The number of carbonyl (C=O) groups excluding carboxylic acids is 2.